The molecule has 8 heteroatoms. The average molecular weight is 310 g/mol. The Kier molecular flexibility index (Phi) is 3.64. The summed E-state index contributed by atoms with van der Waals surface area (Å²) in [6, 6.07) is 7.66. The van der Waals surface area contributed by atoms with E-state index in [-0.39, 0.29) is 10.8 Å². The molecule has 1 saturated heterocycles. The second-order valence-corrected chi connectivity index (χ2v) is 6.69. The molecule has 1 aliphatic rings. The van der Waals surface area contributed by atoms with E-state index in [2.05, 4.69) is 10.2 Å². The Labute approximate surface area is 122 Å². The van der Waals surface area contributed by atoms with Gasteiger partial charge in [0.15, 0.2) is 5.03 Å². The van der Waals surface area contributed by atoms with Crippen LogP contribution >= 0.6 is 0 Å². The minimum atomic E-state index is -3.50. The van der Waals surface area contributed by atoms with E-state index in [1.807, 2.05) is 4.90 Å². The first-order valence-electron chi connectivity index (χ1n) is 6.57. The lowest BCUT2D eigenvalue weighted by atomic mass is 10.2. The topological polar surface area (TPSA) is 69.3 Å². The number of hydrogen-bond acceptors (Lipinski definition) is 4. The quantitative estimate of drug-likeness (QED) is 0.920. The third-order valence-electron chi connectivity index (χ3n) is 3.52. The lowest BCUT2D eigenvalue weighted by Crippen LogP contribution is -2.48. The lowest BCUT2D eigenvalue weighted by Gasteiger charge is -2.35. The van der Waals surface area contributed by atoms with Crippen molar-refractivity contribution >= 4 is 15.7 Å². The van der Waals surface area contributed by atoms with Crippen molar-refractivity contribution in [3.63, 3.8) is 0 Å². The fourth-order valence-electron chi connectivity index (χ4n) is 2.36. The summed E-state index contributed by atoms with van der Waals surface area (Å²) >= 11 is 0. The Morgan fingerprint density at radius 1 is 1.05 bits per heavy atom. The number of piperazine rings is 1. The van der Waals surface area contributed by atoms with Crippen molar-refractivity contribution in [3.05, 3.63) is 42.3 Å². The molecule has 0 radical (unpaired) electrons. The molecule has 112 valence electrons. The second-order valence-electron chi connectivity index (χ2n) is 4.79. The molecule has 3 rings (SSSR count). The molecule has 1 aliphatic heterocycles. The number of benzene rings is 1. The first-order chi connectivity index (χ1) is 10.1. The van der Waals surface area contributed by atoms with E-state index in [9.17, 15) is 12.8 Å². The van der Waals surface area contributed by atoms with Gasteiger partial charge >= 0.3 is 0 Å². The van der Waals surface area contributed by atoms with E-state index in [0.29, 0.717) is 26.2 Å². The van der Waals surface area contributed by atoms with Crippen molar-refractivity contribution in [2.45, 2.75) is 5.03 Å². The Balaban J connectivity index is 1.69. The number of anilines is 1. The Morgan fingerprint density at radius 3 is 2.29 bits per heavy atom. The number of sulfonamides is 1. The van der Waals surface area contributed by atoms with Crippen molar-refractivity contribution in [3.8, 4) is 0 Å². The van der Waals surface area contributed by atoms with Crippen molar-refractivity contribution < 1.29 is 12.8 Å². The minimum Gasteiger partial charge on any atom is -0.369 e. The number of hydrogen-bond donors (Lipinski definition) is 1. The summed E-state index contributed by atoms with van der Waals surface area (Å²) < 4.78 is 39.0. The molecule has 0 saturated carbocycles. The lowest BCUT2D eigenvalue weighted by molar-refractivity contribution is 0.383. The Bertz CT molecular complexity index is 692. The third-order valence-corrected chi connectivity index (χ3v) is 5.35. The summed E-state index contributed by atoms with van der Waals surface area (Å²) in [5.74, 6) is -0.279. The van der Waals surface area contributed by atoms with Gasteiger partial charge in [0.05, 0.1) is 6.20 Å². The second kappa shape index (κ2) is 5.45. The fraction of sp³-hybridized carbons (Fsp3) is 0.308. The molecule has 0 amide bonds. The molecule has 0 spiro atoms. The van der Waals surface area contributed by atoms with Gasteiger partial charge in [0.1, 0.15) is 5.82 Å². The molecule has 2 heterocycles. The van der Waals surface area contributed by atoms with Crippen molar-refractivity contribution in [2.75, 3.05) is 31.1 Å². The minimum absolute atomic E-state index is 0.109. The van der Waals surface area contributed by atoms with E-state index in [1.165, 1.54) is 28.7 Å². The van der Waals surface area contributed by atoms with Gasteiger partial charge in [0.2, 0.25) is 0 Å². The van der Waals surface area contributed by atoms with Gasteiger partial charge in [0, 0.05) is 31.9 Å². The van der Waals surface area contributed by atoms with Crippen LogP contribution in [-0.4, -0.2) is 49.1 Å². The number of H-pyrrole nitrogens is 1. The number of nitrogens with one attached hydrogen (secondary N) is 1. The number of aromatic nitrogens is 2. The molecule has 1 N–H and O–H groups in total. The SMILES string of the molecule is O=S(=O)(c1ccn[nH]1)N1CCN(c2ccc(F)cc2)CC1. The van der Waals surface area contributed by atoms with Gasteiger partial charge in [0.25, 0.3) is 10.0 Å². The molecule has 2 aromatic rings. The monoisotopic (exact) mass is 310 g/mol. The highest BCUT2D eigenvalue weighted by Gasteiger charge is 2.29. The molecular formula is C13H15FN4O2S. The van der Waals surface area contributed by atoms with Gasteiger partial charge in [-0.3, -0.25) is 5.10 Å². The number of halogens is 1. The first kappa shape index (κ1) is 14.0. The summed E-state index contributed by atoms with van der Waals surface area (Å²) in [6.07, 6.45) is 1.42. The predicted octanol–water partition coefficient (Wildman–Crippen LogP) is 1.06. The normalized spacial score (nSPS) is 17.1. The summed E-state index contributed by atoms with van der Waals surface area (Å²) in [5.41, 5.74) is 0.898. The van der Waals surface area contributed by atoms with Crippen LogP contribution in [0.3, 0.4) is 0 Å². The highest BCUT2D eigenvalue weighted by Crippen LogP contribution is 2.20. The van der Waals surface area contributed by atoms with Crippen LogP contribution in [-0.2, 0) is 10.0 Å². The Hall–Kier alpha value is -1.93. The predicted molar refractivity (Wildman–Crippen MR) is 76.0 cm³/mol. The van der Waals surface area contributed by atoms with Crippen LogP contribution in [0.15, 0.2) is 41.6 Å². The third kappa shape index (κ3) is 2.77. The van der Waals surface area contributed by atoms with E-state index < -0.39 is 10.0 Å². The van der Waals surface area contributed by atoms with Crippen molar-refractivity contribution in [2.24, 2.45) is 0 Å². The van der Waals surface area contributed by atoms with Crippen LogP contribution in [0.4, 0.5) is 10.1 Å². The van der Waals surface area contributed by atoms with E-state index in [0.717, 1.165) is 5.69 Å². The molecule has 0 bridgehead atoms. The van der Waals surface area contributed by atoms with Crippen LogP contribution in [0.25, 0.3) is 0 Å². The van der Waals surface area contributed by atoms with E-state index in [1.54, 1.807) is 12.1 Å². The Morgan fingerprint density at radius 2 is 1.71 bits per heavy atom. The van der Waals surface area contributed by atoms with Crippen molar-refractivity contribution in [1.29, 1.82) is 0 Å². The van der Waals surface area contributed by atoms with Gasteiger partial charge < -0.3 is 4.90 Å². The zero-order valence-electron chi connectivity index (χ0n) is 11.2. The van der Waals surface area contributed by atoms with E-state index in [4.69, 9.17) is 0 Å². The van der Waals surface area contributed by atoms with E-state index >= 15 is 0 Å². The summed E-state index contributed by atoms with van der Waals surface area (Å²) in [5, 5.41) is 6.28. The molecule has 1 aromatic heterocycles. The van der Waals surface area contributed by atoms with Crippen LogP contribution in [0.2, 0.25) is 0 Å². The zero-order chi connectivity index (χ0) is 14.9. The summed E-state index contributed by atoms with van der Waals surface area (Å²) in [6.45, 7) is 1.91. The number of aromatic amines is 1. The largest absolute Gasteiger partial charge is 0.369 e. The van der Waals surface area contributed by atoms with Crippen molar-refractivity contribution in [1.82, 2.24) is 14.5 Å². The molecule has 0 atom stereocenters. The molecular weight excluding hydrogens is 295 g/mol. The van der Waals surface area contributed by atoms with Crippen LogP contribution < -0.4 is 4.90 Å². The number of nitrogens with zero attached hydrogens (tertiary/aromatic N) is 3. The van der Waals surface area contributed by atoms with Crippen LogP contribution in [0.5, 0.6) is 0 Å². The molecule has 21 heavy (non-hydrogen) atoms. The molecule has 0 unspecified atom stereocenters. The van der Waals surface area contributed by atoms with Gasteiger partial charge in [-0.2, -0.15) is 9.40 Å². The zero-order valence-corrected chi connectivity index (χ0v) is 12.1. The van der Waals surface area contributed by atoms with Gasteiger partial charge in [-0.05, 0) is 30.3 Å². The maximum Gasteiger partial charge on any atom is 0.260 e. The van der Waals surface area contributed by atoms with Crippen LogP contribution in [0, 0.1) is 5.82 Å². The number of rotatable bonds is 3. The molecule has 1 aromatic carbocycles. The average Bonchev–Trinajstić information content (AvgIpc) is 3.03. The summed E-state index contributed by atoms with van der Waals surface area (Å²) in [4.78, 5) is 2.04. The van der Waals surface area contributed by atoms with Gasteiger partial charge in [-0.1, -0.05) is 0 Å². The smallest absolute Gasteiger partial charge is 0.260 e. The standard InChI is InChI=1S/C13H15FN4O2S/c14-11-1-3-12(4-2-11)17-7-9-18(10-8-17)21(19,20)13-5-6-15-16-13/h1-6H,7-10H2,(H,15,16). The molecule has 0 aliphatic carbocycles. The fourth-order valence-corrected chi connectivity index (χ4v) is 3.69. The maximum atomic E-state index is 12.9. The van der Waals surface area contributed by atoms with Crippen LogP contribution in [0.1, 0.15) is 0 Å². The highest BCUT2D eigenvalue weighted by atomic mass is 32.2. The molecule has 6 nitrogen and oxygen atoms in total. The highest BCUT2D eigenvalue weighted by molar-refractivity contribution is 7.89. The maximum absolute atomic E-state index is 12.9. The molecule has 1 fully saturated rings. The van der Waals surface area contributed by atoms with Gasteiger partial charge in [-0.25, -0.2) is 12.8 Å². The van der Waals surface area contributed by atoms with Gasteiger partial charge in [-0.15, -0.1) is 0 Å². The summed E-state index contributed by atoms with van der Waals surface area (Å²) in [7, 11) is -3.50. The first-order valence-corrected chi connectivity index (χ1v) is 8.01.